The van der Waals surface area contributed by atoms with Crippen LogP contribution in [0.15, 0.2) is 36.4 Å². The van der Waals surface area contributed by atoms with E-state index in [1.807, 2.05) is 6.92 Å². The number of carboxylic acid groups (broad SMARTS) is 1. The summed E-state index contributed by atoms with van der Waals surface area (Å²) in [4.78, 5) is 23.1. The largest absolute Gasteiger partial charge is 0.507 e. The van der Waals surface area contributed by atoms with Crippen LogP contribution in [-0.2, 0) is 0 Å². The first-order valence-electron chi connectivity index (χ1n) is 6.33. The second kappa shape index (κ2) is 5.66. The van der Waals surface area contributed by atoms with Crippen molar-refractivity contribution in [3.05, 3.63) is 58.7 Å². The molecule has 3 N–H and O–H groups in total. The van der Waals surface area contributed by atoms with Gasteiger partial charge >= 0.3 is 5.97 Å². The number of anilines is 1. The molecule has 0 aromatic heterocycles. The molecule has 108 valence electrons. The fraction of sp³-hybridized carbons (Fsp3) is 0.125. The van der Waals surface area contributed by atoms with E-state index in [0.29, 0.717) is 5.69 Å². The highest BCUT2D eigenvalue weighted by atomic mass is 16.4. The Bertz CT molecular complexity index is 722. The number of aromatic carboxylic acids is 1. The third-order valence-electron chi connectivity index (χ3n) is 3.13. The van der Waals surface area contributed by atoms with Crippen LogP contribution in [0.4, 0.5) is 5.69 Å². The van der Waals surface area contributed by atoms with Crippen LogP contribution in [0, 0.1) is 13.8 Å². The normalized spacial score (nSPS) is 10.2. The molecule has 1 amide bonds. The standard InChI is InChI=1S/C16H15NO4/c1-9-3-6-12(14(18)7-9)15(19)17-13-8-11(16(20)21)5-4-10(13)2/h3-8,18H,1-2H3,(H,17,19)(H,20,21). The van der Waals surface area contributed by atoms with Crippen LogP contribution in [0.2, 0.25) is 0 Å². The van der Waals surface area contributed by atoms with Gasteiger partial charge in [0.15, 0.2) is 0 Å². The number of aryl methyl sites for hydroxylation is 2. The van der Waals surface area contributed by atoms with Gasteiger partial charge in [0.25, 0.3) is 5.91 Å². The zero-order valence-corrected chi connectivity index (χ0v) is 11.7. The molecule has 0 bridgehead atoms. The summed E-state index contributed by atoms with van der Waals surface area (Å²) in [7, 11) is 0. The van der Waals surface area contributed by atoms with Crippen molar-refractivity contribution in [2.45, 2.75) is 13.8 Å². The molecule has 0 heterocycles. The van der Waals surface area contributed by atoms with Crippen LogP contribution in [0.1, 0.15) is 31.8 Å². The first-order chi connectivity index (χ1) is 9.88. The monoisotopic (exact) mass is 285 g/mol. The summed E-state index contributed by atoms with van der Waals surface area (Å²) in [6.45, 7) is 3.57. The first kappa shape index (κ1) is 14.6. The molecule has 0 saturated heterocycles. The third kappa shape index (κ3) is 3.20. The van der Waals surface area contributed by atoms with Crippen molar-refractivity contribution in [1.82, 2.24) is 0 Å². The number of phenolic OH excluding ortho intramolecular Hbond substituents is 1. The fourth-order valence-corrected chi connectivity index (χ4v) is 1.91. The minimum Gasteiger partial charge on any atom is -0.507 e. The van der Waals surface area contributed by atoms with E-state index in [4.69, 9.17) is 5.11 Å². The highest BCUT2D eigenvalue weighted by molar-refractivity contribution is 6.07. The van der Waals surface area contributed by atoms with Gasteiger partial charge < -0.3 is 15.5 Å². The van der Waals surface area contributed by atoms with Crippen molar-refractivity contribution in [3.63, 3.8) is 0 Å². The molecule has 0 atom stereocenters. The molecular formula is C16H15NO4. The second-order valence-corrected chi connectivity index (χ2v) is 4.81. The molecule has 2 rings (SSSR count). The number of carbonyl (C=O) groups is 2. The zero-order valence-electron chi connectivity index (χ0n) is 11.7. The van der Waals surface area contributed by atoms with Gasteiger partial charge in [-0.15, -0.1) is 0 Å². The number of rotatable bonds is 3. The van der Waals surface area contributed by atoms with E-state index < -0.39 is 11.9 Å². The van der Waals surface area contributed by atoms with E-state index >= 15 is 0 Å². The lowest BCUT2D eigenvalue weighted by Crippen LogP contribution is -2.13. The van der Waals surface area contributed by atoms with E-state index in [9.17, 15) is 14.7 Å². The van der Waals surface area contributed by atoms with Crippen LogP contribution < -0.4 is 5.32 Å². The summed E-state index contributed by atoms with van der Waals surface area (Å²) in [5, 5.41) is 21.4. The molecule has 0 spiro atoms. The first-order valence-corrected chi connectivity index (χ1v) is 6.33. The van der Waals surface area contributed by atoms with Crippen molar-refractivity contribution < 1.29 is 19.8 Å². The third-order valence-corrected chi connectivity index (χ3v) is 3.13. The number of amides is 1. The Hall–Kier alpha value is -2.82. The number of benzene rings is 2. The Labute approximate surface area is 121 Å². The Morgan fingerprint density at radius 1 is 1.05 bits per heavy atom. The maximum Gasteiger partial charge on any atom is 0.335 e. The topological polar surface area (TPSA) is 86.6 Å². The van der Waals surface area contributed by atoms with Crippen molar-refractivity contribution >= 4 is 17.6 Å². The Morgan fingerprint density at radius 2 is 1.76 bits per heavy atom. The number of carboxylic acids is 1. The summed E-state index contributed by atoms with van der Waals surface area (Å²) in [6, 6.07) is 9.21. The lowest BCUT2D eigenvalue weighted by molar-refractivity contribution is 0.0696. The van der Waals surface area contributed by atoms with Gasteiger partial charge in [-0.05, 0) is 49.2 Å². The zero-order chi connectivity index (χ0) is 15.6. The summed E-state index contributed by atoms with van der Waals surface area (Å²) >= 11 is 0. The van der Waals surface area contributed by atoms with Crippen molar-refractivity contribution in [2.24, 2.45) is 0 Å². The number of nitrogens with one attached hydrogen (secondary N) is 1. The number of hydrogen-bond donors (Lipinski definition) is 3. The van der Waals surface area contributed by atoms with Gasteiger partial charge in [-0.25, -0.2) is 4.79 Å². The molecule has 5 heteroatoms. The van der Waals surface area contributed by atoms with Crippen LogP contribution in [0.5, 0.6) is 5.75 Å². The van der Waals surface area contributed by atoms with Crippen LogP contribution >= 0.6 is 0 Å². The molecular weight excluding hydrogens is 270 g/mol. The minimum atomic E-state index is -1.07. The number of phenols is 1. The van der Waals surface area contributed by atoms with Crippen LogP contribution in [-0.4, -0.2) is 22.1 Å². The SMILES string of the molecule is Cc1ccc(C(=O)Nc2cc(C(=O)O)ccc2C)c(O)c1. The molecule has 0 fully saturated rings. The molecule has 5 nitrogen and oxygen atoms in total. The fourth-order valence-electron chi connectivity index (χ4n) is 1.91. The van der Waals surface area contributed by atoms with Crippen molar-refractivity contribution in [1.29, 1.82) is 0 Å². The Morgan fingerprint density at radius 3 is 2.38 bits per heavy atom. The Balaban J connectivity index is 2.31. The molecule has 0 aliphatic rings. The van der Waals surface area contributed by atoms with E-state index in [-0.39, 0.29) is 16.9 Å². The smallest absolute Gasteiger partial charge is 0.335 e. The average molecular weight is 285 g/mol. The molecule has 0 aliphatic carbocycles. The second-order valence-electron chi connectivity index (χ2n) is 4.81. The maximum absolute atomic E-state index is 12.2. The summed E-state index contributed by atoms with van der Waals surface area (Å²) < 4.78 is 0. The summed E-state index contributed by atoms with van der Waals surface area (Å²) in [5.41, 5.74) is 2.21. The van der Waals surface area contributed by atoms with E-state index in [1.165, 1.54) is 24.3 Å². The Kier molecular flexibility index (Phi) is 3.93. The molecule has 2 aromatic carbocycles. The van der Waals surface area contributed by atoms with E-state index in [1.54, 1.807) is 19.1 Å². The van der Waals surface area contributed by atoms with E-state index in [2.05, 4.69) is 5.32 Å². The highest BCUT2D eigenvalue weighted by Crippen LogP contribution is 2.22. The van der Waals surface area contributed by atoms with Gasteiger partial charge in [-0.2, -0.15) is 0 Å². The molecule has 0 aliphatic heterocycles. The van der Waals surface area contributed by atoms with Gasteiger partial charge in [-0.3, -0.25) is 4.79 Å². The van der Waals surface area contributed by atoms with Gasteiger partial charge in [0, 0.05) is 5.69 Å². The predicted molar refractivity (Wildman–Crippen MR) is 78.9 cm³/mol. The van der Waals surface area contributed by atoms with Crippen LogP contribution in [0.3, 0.4) is 0 Å². The van der Waals surface area contributed by atoms with Crippen molar-refractivity contribution in [2.75, 3.05) is 5.32 Å². The maximum atomic E-state index is 12.2. The summed E-state index contributed by atoms with van der Waals surface area (Å²) in [6.07, 6.45) is 0. The van der Waals surface area contributed by atoms with Gasteiger partial charge in [0.05, 0.1) is 11.1 Å². The molecule has 0 saturated carbocycles. The van der Waals surface area contributed by atoms with Crippen molar-refractivity contribution in [3.8, 4) is 5.75 Å². The summed E-state index contributed by atoms with van der Waals surface area (Å²) in [5.74, 6) is -1.67. The molecule has 0 radical (unpaired) electrons. The number of hydrogen-bond acceptors (Lipinski definition) is 3. The minimum absolute atomic E-state index is 0.0871. The average Bonchev–Trinajstić information content (AvgIpc) is 2.40. The molecule has 21 heavy (non-hydrogen) atoms. The van der Waals surface area contributed by atoms with Gasteiger partial charge in [-0.1, -0.05) is 12.1 Å². The highest BCUT2D eigenvalue weighted by Gasteiger charge is 2.13. The quantitative estimate of drug-likeness (QED) is 0.809. The lowest BCUT2D eigenvalue weighted by atomic mass is 10.1. The predicted octanol–water partition coefficient (Wildman–Crippen LogP) is 2.96. The van der Waals surface area contributed by atoms with Crippen LogP contribution in [0.25, 0.3) is 0 Å². The molecule has 0 unspecified atom stereocenters. The van der Waals surface area contributed by atoms with Gasteiger partial charge in [0.2, 0.25) is 0 Å². The lowest BCUT2D eigenvalue weighted by Gasteiger charge is -2.10. The van der Waals surface area contributed by atoms with E-state index in [0.717, 1.165) is 11.1 Å². The van der Waals surface area contributed by atoms with Gasteiger partial charge in [0.1, 0.15) is 5.75 Å². The number of aromatic hydroxyl groups is 1. The number of carbonyl (C=O) groups excluding carboxylic acids is 1. The molecule has 2 aromatic rings.